The van der Waals surface area contributed by atoms with Crippen LogP contribution >= 0.6 is 0 Å². The Labute approximate surface area is 194 Å². The van der Waals surface area contributed by atoms with Crippen LogP contribution in [0.1, 0.15) is 21.5 Å². The second kappa shape index (κ2) is 9.46. The summed E-state index contributed by atoms with van der Waals surface area (Å²) in [5.74, 6) is 0.483. The summed E-state index contributed by atoms with van der Waals surface area (Å²) in [6, 6.07) is 27.1. The number of hydrogen-bond donors (Lipinski definition) is 0. The standard InChI is InChI=1S/C27H25NO4S/c1-28(18-20-11-12-23-17-25(32-2)14-13-22(23)15-20)27(29)24-8-6-7-21(16-24)19-33(30,31)26-9-4-3-5-10-26/h3-17H,18-19H2,1-2H3. The molecule has 0 heterocycles. The quantitative estimate of drug-likeness (QED) is 0.386. The minimum Gasteiger partial charge on any atom is -0.497 e. The van der Waals surface area contributed by atoms with Gasteiger partial charge >= 0.3 is 0 Å². The monoisotopic (exact) mass is 459 g/mol. The Morgan fingerprint density at radius 1 is 0.818 bits per heavy atom. The maximum atomic E-state index is 13.0. The number of hydrogen-bond acceptors (Lipinski definition) is 4. The van der Waals surface area contributed by atoms with Crippen molar-refractivity contribution < 1.29 is 17.9 Å². The van der Waals surface area contributed by atoms with Crippen molar-refractivity contribution >= 4 is 26.5 Å². The molecule has 5 nitrogen and oxygen atoms in total. The molecule has 4 aromatic rings. The molecule has 0 aliphatic heterocycles. The zero-order valence-corrected chi connectivity index (χ0v) is 19.4. The predicted molar refractivity (Wildman–Crippen MR) is 130 cm³/mol. The van der Waals surface area contributed by atoms with Gasteiger partial charge in [0.25, 0.3) is 5.91 Å². The maximum Gasteiger partial charge on any atom is 0.253 e. The molecule has 0 bridgehead atoms. The molecule has 0 fully saturated rings. The van der Waals surface area contributed by atoms with E-state index in [1.807, 2.05) is 30.3 Å². The maximum absolute atomic E-state index is 13.0. The fraction of sp³-hybridized carbons (Fsp3) is 0.148. The highest BCUT2D eigenvalue weighted by Gasteiger charge is 2.17. The number of carbonyl (C=O) groups is 1. The molecule has 0 saturated carbocycles. The van der Waals surface area contributed by atoms with E-state index in [2.05, 4.69) is 6.07 Å². The van der Waals surface area contributed by atoms with Gasteiger partial charge in [-0.2, -0.15) is 0 Å². The molecule has 33 heavy (non-hydrogen) atoms. The summed E-state index contributed by atoms with van der Waals surface area (Å²) >= 11 is 0. The van der Waals surface area contributed by atoms with Gasteiger partial charge in [-0.25, -0.2) is 8.42 Å². The van der Waals surface area contributed by atoms with Gasteiger partial charge in [-0.15, -0.1) is 0 Å². The number of amides is 1. The Kier molecular flexibility index (Phi) is 6.47. The van der Waals surface area contributed by atoms with E-state index in [-0.39, 0.29) is 16.6 Å². The molecule has 0 aliphatic carbocycles. The van der Waals surface area contributed by atoms with E-state index in [0.29, 0.717) is 17.7 Å². The Morgan fingerprint density at radius 2 is 1.55 bits per heavy atom. The number of fused-ring (bicyclic) bond motifs is 1. The second-order valence-electron chi connectivity index (χ2n) is 7.98. The van der Waals surface area contributed by atoms with Crippen LogP contribution in [0.4, 0.5) is 0 Å². The van der Waals surface area contributed by atoms with Crippen molar-refractivity contribution in [2.75, 3.05) is 14.2 Å². The molecule has 168 valence electrons. The third-order valence-electron chi connectivity index (χ3n) is 5.51. The summed E-state index contributed by atoms with van der Waals surface area (Å²) in [4.78, 5) is 14.9. The van der Waals surface area contributed by atoms with Crippen molar-refractivity contribution in [3.05, 3.63) is 108 Å². The first-order valence-corrected chi connectivity index (χ1v) is 12.2. The topological polar surface area (TPSA) is 63.7 Å². The van der Waals surface area contributed by atoms with Crippen molar-refractivity contribution in [3.8, 4) is 5.75 Å². The summed E-state index contributed by atoms with van der Waals surface area (Å²) in [6.45, 7) is 0.438. The van der Waals surface area contributed by atoms with Gasteiger partial charge in [0.1, 0.15) is 5.75 Å². The van der Waals surface area contributed by atoms with Crippen LogP contribution in [-0.4, -0.2) is 33.4 Å². The summed E-state index contributed by atoms with van der Waals surface area (Å²) < 4.78 is 30.7. The third-order valence-corrected chi connectivity index (χ3v) is 7.21. The Morgan fingerprint density at radius 3 is 2.30 bits per heavy atom. The van der Waals surface area contributed by atoms with Crippen molar-refractivity contribution in [1.29, 1.82) is 0 Å². The van der Waals surface area contributed by atoms with Crippen LogP contribution in [-0.2, 0) is 22.1 Å². The first-order valence-electron chi connectivity index (χ1n) is 10.5. The summed E-state index contributed by atoms with van der Waals surface area (Å²) in [7, 11) is -0.0993. The largest absolute Gasteiger partial charge is 0.497 e. The lowest BCUT2D eigenvalue weighted by molar-refractivity contribution is 0.0785. The van der Waals surface area contributed by atoms with Crippen LogP contribution in [0.25, 0.3) is 10.8 Å². The zero-order valence-electron chi connectivity index (χ0n) is 18.6. The molecular weight excluding hydrogens is 434 g/mol. The molecule has 1 amide bonds. The second-order valence-corrected chi connectivity index (χ2v) is 9.97. The molecule has 0 spiro atoms. The zero-order chi connectivity index (χ0) is 23.4. The number of ether oxygens (including phenoxy) is 1. The van der Waals surface area contributed by atoms with Crippen molar-refractivity contribution in [3.63, 3.8) is 0 Å². The molecule has 4 aromatic carbocycles. The van der Waals surface area contributed by atoms with E-state index in [0.717, 1.165) is 22.1 Å². The van der Waals surface area contributed by atoms with Gasteiger partial charge in [-0.05, 0) is 64.4 Å². The summed E-state index contributed by atoms with van der Waals surface area (Å²) in [5.41, 5.74) is 2.05. The third kappa shape index (κ3) is 5.23. The summed E-state index contributed by atoms with van der Waals surface area (Å²) in [6.07, 6.45) is 0. The lowest BCUT2D eigenvalue weighted by Gasteiger charge is -2.18. The molecule has 0 N–H and O–H groups in total. The molecule has 0 aromatic heterocycles. The van der Waals surface area contributed by atoms with Gasteiger partial charge in [-0.1, -0.05) is 48.5 Å². The molecule has 0 unspecified atom stereocenters. The number of nitrogens with zero attached hydrogens (tertiary/aromatic N) is 1. The van der Waals surface area contributed by atoms with Crippen LogP contribution in [0.3, 0.4) is 0 Å². The van der Waals surface area contributed by atoms with Crippen LogP contribution in [0.5, 0.6) is 5.75 Å². The lowest BCUT2D eigenvalue weighted by atomic mass is 10.1. The minimum absolute atomic E-state index is 0.157. The lowest BCUT2D eigenvalue weighted by Crippen LogP contribution is -2.26. The molecule has 0 aliphatic rings. The van der Waals surface area contributed by atoms with Gasteiger partial charge in [-0.3, -0.25) is 4.79 Å². The van der Waals surface area contributed by atoms with Crippen molar-refractivity contribution in [1.82, 2.24) is 4.90 Å². The Balaban J connectivity index is 1.49. The number of rotatable bonds is 7. The number of sulfone groups is 1. The smallest absolute Gasteiger partial charge is 0.253 e. The number of methoxy groups -OCH3 is 1. The van der Waals surface area contributed by atoms with Gasteiger partial charge in [0.05, 0.1) is 17.8 Å². The molecular formula is C27H25NO4S. The molecule has 4 rings (SSSR count). The fourth-order valence-electron chi connectivity index (χ4n) is 3.79. The normalized spacial score (nSPS) is 11.3. The first kappa shape index (κ1) is 22.6. The average molecular weight is 460 g/mol. The van der Waals surface area contributed by atoms with Gasteiger partial charge in [0, 0.05) is 19.2 Å². The molecule has 0 atom stereocenters. The number of carbonyl (C=O) groups excluding carboxylic acids is 1. The number of benzene rings is 4. The van der Waals surface area contributed by atoms with E-state index in [1.165, 1.54) is 0 Å². The van der Waals surface area contributed by atoms with E-state index < -0.39 is 9.84 Å². The van der Waals surface area contributed by atoms with Gasteiger partial charge < -0.3 is 9.64 Å². The van der Waals surface area contributed by atoms with Gasteiger partial charge in [0.2, 0.25) is 0 Å². The van der Waals surface area contributed by atoms with E-state index >= 15 is 0 Å². The van der Waals surface area contributed by atoms with E-state index in [4.69, 9.17) is 4.74 Å². The van der Waals surface area contributed by atoms with Gasteiger partial charge in [0.15, 0.2) is 9.84 Å². The minimum atomic E-state index is -3.48. The first-order chi connectivity index (χ1) is 15.9. The predicted octanol–water partition coefficient (Wildman–Crippen LogP) is 5.09. The van der Waals surface area contributed by atoms with Crippen molar-refractivity contribution in [2.45, 2.75) is 17.2 Å². The fourth-order valence-corrected chi connectivity index (χ4v) is 5.15. The molecule has 0 radical (unpaired) electrons. The van der Waals surface area contributed by atoms with Crippen LogP contribution < -0.4 is 4.74 Å². The molecule has 0 saturated heterocycles. The van der Waals surface area contributed by atoms with Crippen LogP contribution in [0.15, 0.2) is 95.9 Å². The van der Waals surface area contributed by atoms with Crippen LogP contribution in [0, 0.1) is 0 Å². The van der Waals surface area contributed by atoms with E-state index in [1.54, 1.807) is 73.7 Å². The van der Waals surface area contributed by atoms with Crippen LogP contribution in [0.2, 0.25) is 0 Å². The highest BCUT2D eigenvalue weighted by molar-refractivity contribution is 7.90. The Hall–Kier alpha value is -3.64. The highest BCUT2D eigenvalue weighted by Crippen LogP contribution is 2.23. The molecule has 6 heteroatoms. The SMILES string of the molecule is COc1ccc2cc(CN(C)C(=O)c3cccc(CS(=O)(=O)c4ccccc4)c3)ccc2c1. The highest BCUT2D eigenvalue weighted by atomic mass is 32.2. The average Bonchev–Trinajstić information content (AvgIpc) is 2.83. The summed E-state index contributed by atoms with van der Waals surface area (Å²) in [5, 5.41) is 2.14. The van der Waals surface area contributed by atoms with Crippen molar-refractivity contribution in [2.24, 2.45) is 0 Å². The van der Waals surface area contributed by atoms with E-state index in [9.17, 15) is 13.2 Å². The Bertz CT molecular complexity index is 1400.